The van der Waals surface area contributed by atoms with Crippen LogP contribution in [-0.2, 0) is 16.6 Å². The number of pyridine rings is 1. The maximum absolute atomic E-state index is 12.2. The Morgan fingerprint density at radius 2 is 1.45 bits per heavy atom. The normalized spacial score (nSPS) is 12.4. The molecule has 106 valence electrons. The lowest BCUT2D eigenvalue weighted by Gasteiger charge is -2.12. The molecule has 0 spiro atoms. The van der Waals surface area contributed by atoms with Crippen LogP contribution < -0.4 is 0 Å². The van der Waals surface area contributed by atoms with E-state index in [0.717, 1.165) is 0 Å². The molecule has 0 saturated carbocycles. The van der Waals surface area contributed by atoms with E-state index in [4.69, 9.17) is 58.0 Å². The zero-order valence-electron chi connectivity index (χ0n) is 9.67. The molecular weight excluding hydrogens is 383 g/mol. The molecule has 2 rings (SSSR count). The number of hydrogen-bond acceptors (Lipinski definition) is 2. The van der Waals surface area contributed by atoms with Crippen LogP contribution in [0.1, 0.15) is 5.56 Å². The summed E-state index contributed by atoms with van der Waals surface area (Å²) in [4.78, 5) is 4.02. The Balaban J connectivity index is 2.43. The Kier molecular flexibility index (Phi) is 5.57. The highest BCUT2D eigenvalue weighted by Gasteiger charge is 2.21. The van der Waals surface area contributed by atoms with E-state index < -0.39 is 10.8 Å². The number of halogens is 5. The van der Waals surface area contributed by atoms with Gasteiger partial charge in [-0.3, -0.25) is 4.21 Å². The summed E-state index contributed by atoms with van der Waals surface area (Å²) in [6, 6.07) is 5.12. The minimum absolute atomic E-state index is 0.0469. The Hall–Kier alpha value is -0.0300. The molecule has 0 aliphatic heterocycles. The number of rotatable bonds is 3. The minimum atomic E-state index is -1.42. The van der Waals surface area contributed by atoms with Crippen molar-refractivity contribution in [3.8, 4) is 0 Å². The Morgan fingerprint density at radius 1 is 0.900 bits per heavy atom. The van der Waals surface area contributed by atoms with Gasteiger partial charge in [0.1, 0.15) is 5.03 Å². The lowest BCUT2D eigenvalue weighted by molar-refractivity contribution is 0.680. The van der Waals surface area contributed by atoms with Gasteiger partial charge in [0.2, 0.25) is 0 Å². The molecule has 8 heteroatoms. The highest BCUT2D eigenvalue weighted by molar-refractivity contribution is 7.84. The average Bonchev–Trinajstić information content (AvgIpc) is 2.48. The van der Waals surface area contributed by atoms with E-state index >= 15 is 0 Å². The predicted octanol–water partition coefficient (Wildman–Crippen LogP) is 5.66. The third kappa shape index (κ3) is 3.24. The second-order valence-electron chi connectivity index (χ2n) is 3.71. The first-order valence-corrected chi connectivity index (χ1v) is 8.44. The van der Waals surface area contributed by atoms with Crippen LogP contribution in [0.5, 0.6) is 0 Å². The van der Waals surface area contributed by atoms with Gasteiger partial charge in [-0.2, -0.15) is 0 Å². The van der Waals surface area contributed by atoms with E-state index in [0.29, 0.717) is 10.6 Å². The van der Waals surface area contributed by atoms with Gasteiger partial charge in [-0.1, -0.05) is 64.1 Å². The van der Waals surface area contributed by atoms with E-state index in [1.54, 1.807) is 24.4 Å². The molecule has 2 nitrogen and oxygen atoms in total. The highest BCUT2D eigenvalue weighted by atomic mass is 35.5. The molecule has 0 N–H and O–H groups in total. The molecule has 2 aromatic rings. The van der Waals surface area contributed by atoms with Crippen molar-refractivity contribution in [2.75, 3.05) is 0 Å². The molecule has 0 aliphatic carbocycles. The van der Waals surface area contributed by atoms with Crippen LogP contribution >= 0.6 is 58.0 Å². The van der Waals surface area contributed by atoms with Crippen molar-refractivity contribution in [2.45, 2.75) is 10.8 Å². The van der Waals surface area contributed by atoms with Gasteiger partial charge in [0.25, 0.3) is 0 Å². The number of hydrogen-bond donors (Lipinski definition) is 0. The standard InChI is InChI=1S/C12H6Cl5NOS/c13-8-6(9(14)11(16)12(17)10(8)15)5-20(19)7-3-1-2-4-18-7/h1-4H,5H2. The lowest BCUT2D eigenvalue weighted by Crippen LogP contribution is -2.01. The van der Waals surface area contributed by atoms with Crippen LogP contribution in [-0.4, -0.2) is 9.19 Å². The number of aromatic nitrogens is 1. The molecular formula is C12H6Cl5NOS. The molecule has 1 unspecified atom stereocenters. The SMILES string of the molecule is O=S(Cc1c(Cl)c(Cl)c(Cl)c(Cl)c1Cl)c1ccccn1. The quantitative estimate of drug-likeness (QED) is 0.501. The van der Waals surface area contributed by atoms with Gasteiger partial charge in [0.05, 0.1) is 41.7 Å². The third-order valence-corrected chi connectivity index (χ3v) is 6.06. The van der Waals surface area contributed by atoms with Crippen molar-refractivity contribution in [1.82, 2.24) is 4.98 Å². The molecule has 0 bridgehead atoms. The number of nitrogens with zero attached hydrogens (tertiary/aromatic N) is 1. The van der Waals surface area contributed by atoms with Gasteiger partial charge >= 0.3 is 0 Å². The fraction of sp³-hybridized carbons (Fsp3) is 0.0833. The van der Waals surface area contributed by atoms with Crippen molar-refractivity contribution in [3.05, 3.63) is 55.1 Å². The van der Waals surface area contributed by atoms with E-state index in [1.165, 1.54) is 0 Å². The highest BCUT2D eigenvalue weighted by Crippen LogP contribution is 2.44. The zero-order valence-corrected chi connectivity index (χ0v) is 14.3. The van der Waals surface area contributed by atoms with Crippen molar-refractivity contribution in [1.29, 1.82) is 0 Å². The maximum Gasteiger partial charge on any atom is 0.127 e. The number of benzene rings is 1. The monoisotopic (exact) mass is 387 g/mol. The largest absolute Gasteiger partial charge is 0.252 e. The molecule has 0 amide bonds. The first-order chi connectivity index (χ1) is 9.43. The van der Waals surface area contributed by atoms with Gasteiger partial charge in [-0.15, -0.1) is 0 Å². The topological polar surface area (TPSA) is 30.0 Å². The summed E-state index contributed by atoms with van der Waals surface area (Å²) in [6.45, 7) is 0. The molecule has 20 heavy (non-hydrogen) atoms. The van der Waals surface area contributed by atoms with Gasteiger partial charge < -0.3 is 0 Å². The molecule has 0 radical (unpaired) electrons. The maximum atomic E-state index is 12.2. The molecule has 0 saturated heterocycles. The van der Waals surface area contributed by atoms with Crippen LogP contribution in [0.4, 0.5) is 0 Å². The summed E-state index contributed by atoms with van der Waals surface area (Å²) in [6.07, 6.45) is 1.55. The Bertz CT molecular complexity index is 648. The van der Waals surface area contributed by atoms with E-state index in [9.17, 15) is 4.21 Å². The second kappa shape index (κ2) is 6.82. The smallest absolute Gasteiger partial charge is 0.127 e. The Morgan fingerprint density at radius 3 is 1.95 bits per heavy atom. The molecule has 1 atom stereocenters. The van der Waals surface area contributed by atoms with E-state index in [1.807, 2.05) is 0 Å². The summed E-state index contributed by atoms with van der Waals surface area (Å²) in [7, 11) is -1.42. The van der Waals surface area contributed by atoms with Crippen LogP contribution in [0.2, 0.25) is 25.1 Å². The zero-order chi connectivity index (χ0) is 14.9. The first kappa shape index (κ1) is 16.3. The van der Waals surface area contributed by atoms with Gasteiger partial charge in [-0.25, -0.2) is 4.98 Å². The molecule has 0 fully saturated rings. The van der Waals surface area contributed by atoms with E-state index in [2.05, 4.69) is 4.98 Å². The first-order valence-electron chi connectivity index (χ1n) is 5.23. The fourth-order valence-electron chi connectivity index (χ4n) is 1.46. The average molecular weight is 390 g/mol. The van der Waals surface area contributed by atoms with Crippen LogP contribution in [0.25, 0.3) is 0 Å². The molecule has 0 aliphatic rings. The van der Waals surface area contributed by atoms with Crippen molar-refractivity contribution in [2.24, 2.45) is 0 Å². The summed E-state index contributed by atoms with van der Waals surface area (Å²) in [5.41, 5.74) is 0.386. The molecule has 1 heterocycles. The Labute approximate surface area is 143 Å². The fourth-order valence-corrected chi connectivity index (χ4v) is 4.04. The van der Waals surface area contributed by atoms with Gasteiger partial charge in [0, 0.05) is 11.8 Å². The van der Waals surface area contributed by atoms with E-state index in [-0.39, 0.29) is 30.9 Å². The van der Waals surface area contributed by atoms with Crippen LogP contribution in [0.15, 0.2) is 29.4 Å². The summed E-state index contributed by atoms with van der Waals surface area (Å²) in [5.74, 6) is 0.0469. The van der Waals surface area contributed by atoms with Crippen molar-refractivity contribution in [3.63, 3.8) is 0 Å². The lowest BCUT2D eigenvalue weighted by atomic mass is 10.2. The van der Waals surface area contributed by atoms with Gasteiger partial charge in [0.15, 0.2) is 0 Å². The van der Waals surface area contributed by atoms with Gasteiger partial charge in [-0.05, 0) is 12.1 Å². The molecule has 1 aromatic carbocycles. The summed E-state index contributed by atoms with van der Waals surface area (Å²) < 4.78 is 12.2. The van der Waals surface area contributed by atoms with Crippen molar-refractivity contribution >= 4 is 68.8 Å². The minimum Gasteiger partial charge on any atom is -0.252 e. The third-order valence-electron chi connectivity index (χ3n) is 2.45. The summed E-state index contributed by atoms with van der Waals surface area (Å²) in [5, 5.41) is 0.981. The second-order valence-corrected chi connectivity index (χ2v) is 6.99. The van der Waals surface area contributed by atoms with Crippen molar-refractivity contribution < 1.29 is 4.21 Å². The molecule has 1 aromatic heterocycles. The summed E-state index contributed by atoms with van der Waals surface area (Å²) >= 11 is 30.0. The predicted molar refractivity (Wildman–Crippen MR) is 85.8 cm³/mol. The van der Waals surface area contributed by atoms with Crippen LogP contribution in [0, 0.1) is 0 Å². The van der Waals surface area contributed by atoms with Crippen LogP contribution in [0.3, 0.4) is 0 Å².